The molecule has 0 radical (unpaired) electrons. The van der Waals surface area contributed by atoms with Crippen LogP contribution in [0.5, 0.6) is 0 Å². The number of carbonyl (C=O) groups is 1. The van der Waals surface area contributed by atoms with E-state index in [1.807, 2.05) is 37.4 Å². The van der Waals surface area contributed by atoms with E-state index in [1.54, 1.807) is 12.1 Å². The van der Waals surface area contributed by atoms with Crippen LogP contribution in [0.1, 0.15) is 68.6 Å². The van der Waals surface area contributed by atoms with Crippen molar-refractivity contribution in [3.63, 3.8) is 0 Å². The number of aromatic nitrogens is 2. The van der Waals surface area contributed by atoms with E-state index in [4.69, 9.17) is 19.4 Å². The van der Waals surface area contributed by atoms with Gasteiger partial charge in [0.05, 0.1) is 30.5 Å². The summed E-state index contributed by atoms with van der Waals surface area (Å²) in [7, 11) is 0. The van der Waals surface area contributed by atoms with E-state index >= 15 is 0 Å². The Kier molecular flexibility index (Phi) is 7.86. The van der Waals surface area contributed by atoms with Crippen molar-refractivity contribution in [3.05, 3.63) is 59.9 Å². The molecule has 1 atom stereocenters. The fourth-order valence-electron chi connectivity index (χ4n) is 4.98. The Hall–Kier alpha value is -3.23. The van der Waals surface area contributed by atoms with Crippen molar-refractivity contribution < 1.29 is 14.3 Å². The van der Waals surface area contributed by atoms with Gasteiger partial charge in [0.25, 0.3) is 0 Å². The van der Waals surface area contributed by atoms with Gasteiger partial charge >= 0.3 is 5.97 Å². The Bertz CT molecular complexity index is 1210. The predicted molar refractivity (Wildman–Crippen MR) is 146 cm³/mol. The van der Waals surface area contributed by atoms with Gasteiger partial charge < -0.3 is 25.4 Å². The van der Waals surface area contributed by atoms with E-state index in [1.165, 1.54) is 0 Å². The fourth-order valence-corrected chi connectivity index (χ4v) is 4.98. The maximum absolute atomic E-state index is 12.6. The summed E-state index contributed by atoms with van der Waals surface area (Å²) in [5.74, 6) is 1.27. The largest absolute Gasteiger partial charge is 0.453 e. The van der Waals surface area contributed by atoms with Gasteiger partial charge in [-0.1, -0.05) is 18.2 Å². The van der Waals surface area contributed by atoms with Gasteiger partial charge in [-0.25, -0.2) is 14.8 Å². The number of nitrogens with zero attached hydrogens (tertiary/aromatic N) is 2. The number of anilines is 2. The Morgan fingerprint density at radius 2 is 1.73 bits per heavy atom. The summed E-state index contributed by atoms with van der Waals surface area (Å²) in [6.07, 6.45) is 5.92. The van der Waals surface area contributed by atoms with E-state index in [0.717, 1.165) is 61.3 Å². The molecule has 1 unspecified atom stereocenters. The second-order valence-electron chi connectivity index (χ2n) is 10.5. The number of hydrogen-bond donors (Lipinski definition) is 3. The van der Waals surface area contributed by atoms with Crippen molar-refractivity contribution in [2.45, 2.75) is 76.7 Å². The number of carbonyl (C=O) groups excluding carboxylic acids is 1. The molecule has 196 valence electrons. The van der Waals surface area contributed by atoms with E-state index in [-0.39, 0.29) is 12.0 Å². The summed E-state index contributed by atoms with van der Waals surface area (Å²) in [6, 6.07) is 14.8. The SMILES string of the molecule is CC(C)Nc1nc(C(C)OC(=O)c2ccccc2)cc2cnc(NC3CCC(NC4COC4)CC3)cc12. The third-order valence-electron chi connectivity index (χ3n) is 7.06. The van der Waals surface area contributed by atoms with Crippen molar-refractivity contribution in [2.75, 3.05) is 23.8 Å². The first-order chi connectivity index (χ1) is 17.9. The van der Waals surface area contributed by atoms with Gasteiger partial charge in [-0.2, -0.15) is 0 Å². The molecule has 3 aromatic rings. The average molecular weight is 504 g/mol. The number of hydrogen-bond acceptors (Lipinski definition) is 8. The highest BCUT2D eigenvalue weighted by molar-refractivity contribution is 5.94. The van der Waals surface area contributed by atoms with Crippen LogP contribution in [0.3, 0.4) is 0 Å². The summed E-state index contributed by atoms with van der Waals surface area (Å²) in [4.78, 5) is 22.2. The van der Waals surface area contributed by atoms with E-state index < -0.39 is 6.10 Å². The third kappa shape index (κ3) is 6.37. The molecule has 1 saturated heterocycles. The van der Waals surface area contributed by atoms with Crippen LogP contribution in [0, 0.1) is 0 Å². The predicted octanol–water partition coefficient (Wildman–Crippen LogP) is 5.08. The zero-order valence-corrected chi connectivity index (χ0v) is 21.9. The van der Waals surface area contributed by atoms with Crippen LogP contribution in [0.25, 0.3) is 10.8 Å². The smallest absolute Gasteiger partial charge is 0.338 e. The molecule has 2 aromatic heterocycles. The molecule has 8 heteroatoms. The lowest BCUT2D eigenvalue weighted by Crippen LogP contribution is -2.51. The second kappa shape index (κ2) is 11.4. The van der Waals surface area contributed by atoms with Crippen LogP contribution < -0.4 is 16.0 Å². The molecule has 1 aliphatic carbocycles. The number of ether oxygens (including phenoxy) is 2. The van der Waals surface area contributed by atoms with Crippen molar-refractivity contribution in [3.8, 4) is 0 Å². The van der Waals surface area contributed by atoms with Crippen molar-refractivity contribution in [1.29, 1.82) is 0 Å². The third-order valence-corrected chi connectivity index (χ3v) is 7.06. The zero-order chi connectivity index (χ0) is 25.8. The van der Waals surface area contributed by atoms with Gasteiger partial charge in [0, 0.05) is 35.1 Å². The fraction of sp³-hybridized carbons (Fsp3) is 0.483. The quantitative estimate of drug-likeness (QED) is 0.348. The number of benzene rings is 1. The van der Waals surface area contributed by atoms with Gasteiger partial charge in [-0.3, -0.25) is 0 Å². The number of rotatable bonds is 9. The summed E-state index contributed by atoms with van der Waals surface area (Å²) < 4.78 is 11.0. The molecule has 2 aliphatic rings. The maximum Gasteiger partial charge on any atom is 0.338 e. The van der Waals surface area contributed by atoms with Crippen LogP contribution in [0.4, 0.5) is 11.6 Å². The highest BCUT2D eigenvalue weighted by Gasteiger charge is 2.26. The van der Waals surface area contributed by atoms with Gasteiger partial charge in [0.1, 0.15) is 17.7 Å². The Morgan fingerprint density at radius 1 is 1.00 bits per heavy atom. The monoisotopic (exact) mass is 503 g/mol. The summed E-state index contributed by atoms with van der Waals surface area (Å²) in [5.41, 5.74) is 1.21. The minimum absolute atomic E-state index is 0.196. The van der Waals surface area contributed by atoms with Gasteiger partial charge in [0.15, 0.2) is 0 Å². The lowest BCUT2D eigenvalue weighted by molar-refractivity contribution is -0.0120. The Balaban J connectivity index is 1.29. The first-order valence-corrected chi connectivity index (χ1v) is 13.4. The molecular formula is C29H37N5O3. The summed E-state index contributed by atoms with van der Waals surface area (Å²) in [6.45, 7) is 7.70. The van der Waals surface area contributed by atoms with Crippen molar-refractivity contribution >= 4 is 28.4 Å². The van der Waals surface area contributed by atoms with Crippen LogP contribution in [-0.2, 0) is 9.47 Å². The molecule has 0 amide bonds. The van der Waals surface area contributed by atoms with E-state index in [9.17, 15) is 4.79 Å². The van der Waals surface area contributed by atoms with E-state index in [2.05, 4.69) is 35.9 Å². The summed E-state index contributed by atoms with van der Waals surface area (Å²) in [5, 5.41) is 12.8. The molecule has 1 saturated carbocycles. The lowest BCUT2D eigenvalue weighted by Gasteiger charge is -2.35. The molecule has 8 nitrogen and oxygen atoms in total. The van der Waals surface area contributed by atoms with Gasteiger partial charge in [0.2, 0.25) is 0 Å². The minimum atomic E-state index is -0.502. The molecule has 0 spiro atoms. The number of nitrogens with one attached hydrogen (secondary N) is 3. The second-order valence-corrected chi connectivity index (χ2v) is 10.5. The van der Waals surface area contributed by atoms with Crippen molar-refractivity contribution in [1.82, 2.24) is 15.3 Å². The topological polar surface area (TPSA) is 97.4 Å². The lowest BCUT2D eigenvalue weighted by atomic mass is 9.90. The molecule has 3 heterocycles. The van der Waals surface area contributed by atoms with Crippen LogP contribution >= 0.6 is 0 Å². The standard InChI is InChI=1S/C29H37N5O3/c1-18(2)31-28-25-14-27(33-23-11-9-22(10-12-23)32-24-16-36-17-24)30-15-21(25)13-26(34-28)19(3)37-29(35)20-7-5-4-6-8-20/h4-8,13-15,18-19,22-24,32H,9-12,16-17H2,1-3H3,(H,30,33)(H,31,34). The molecule has 1 aromatic carbocycles. The van der Waals surface area contributed by atoms with Crippen LogP contribution in [0.15, 0.2) is 48.7 Å². The first-order valence-electron chi connectivity index (χ1n) is 13.4. The highest BCUT2D eigenvalue weighted by Crippen LogP contribution is 2.30. The van der Waals surface area contributed by atoms with E-state index in [0.29, 0.717) is 29.4 Å². The Morgan fingerprint density at radius 3 is 2.41 bits per heavy atom. The van der Waals surface area contributed by atoms with Crippen LogP contribution in [-0.4, -0.2) is 53.3 Å². The molecule has 0 bridgehead atoms. The number of esters is 1. The molecule has 2 fully saturated rings. The Labute approximate surface area is 218 Å². The minimum Gasteiger partial charge on any atom is -0.453 e. The maximum atomic E-state index is 12.6. The average Bonchev–Trinajstić information content (AvgIpc) is 2.87. The highest BCUT2D eigenvalue weighted by atomic mass is 16.5. The number of pyridine rings is 2. The molecular weight excluding hydrogens is 466 g/mol. The van der Waals surface area contributed by atoms with Crippen molar-refractivity contribution in [2.24, 2.45) is 0 Å². The normalized spacial score (nSPS) is 20.9. The molecule has 37 heavy (non-hydrogen) atoms. The molecule has 3 N–H and O–H groups in total. The first kappa shape index (κ1) is 25.4. The van der Waals surface area contributed by atoms with Crippen LogP contribution in [0.2, 0.25) is 0 Å². The molecule has 5 rings (SSSR count). The van der Waals surface area contributed by atoms with Gasteiger partial charge in [-0.05, 0) is 70.7 Å². The zero-order valence-electron chi connectivity index (χ0n) is 21.9. The van der Waals surface area contributed by atoms with Gasteiger partial charge in [-0.15, -0.1) is 0 Å². The molecule has 1 aliphatic heterocycles. The summed E-state index contributed by atoms with van der Waals surface area (Å²) >= 11 is 0. The number of fused-ring (bicyclic) bond motifs is 1.